The van der Waals surface area contributed by atoms with Crippen molar-refractivity contribution in [2.45, 2.75) is 58.1 Å². The van der Waals surface area contributed by atoms with Gasteiger partial charge in [0.25, 0.3) is 0 Å². The molecule has 19 heavy (non-hydrogen) atoms. The Morgan fingerprint density at radius 1 is 1.37 bits per heavy atom. The molecule has 1 fully saturated rings. The maximum Gasteiger partial charge on any atom is 0.0773 e. The molecule has 0 bridgehead atoms. The van der Waals surface area contributed by atoms with Crippen LogP contribution in [0.2, 0.25) is 0 Å². The number of nitrogens with zero attached hydrogens (tertiary/aromatic N) is 3. The van der Waals surface area contributed by atoms with Crippen LogP contribution in [0.25, 0.3) is 0 Å². The second kappa shape index (κ2) is 5.63. The zero-order valence-corrected chi connectivity index (χ0v) is 12.7. The van der Waals surface area contributed by atoms with Crippen LogP contribution in [0.1, 0.15) is 45.0 Å². The molecule has 1 atom stereocenters. The summed E-state index contributed by atoms with van der Waals surface area (Å²) in [6, 6.07) is 2.11. The highest BCUT2D eigenvalue weighted by Crippen LogP contribution is 2.26. The van der Waals surface area contributed by atoms with Gasteiger partial charge in [-0.2, -0.15) is 5.10 Å². The third-order valence-corrected chi connectivity index (χ3v) is 4.53. The molecule has 1 saturated heterocycles. The summed E-state index contributed by atoms with van der Waals surface area (Å²) >= 11 is 0. The summed E-state index contributed by atoms with van der Waals surface area (Å²) < 4.78 is 1.90. The molecular weight excluding hydrogens is 238 g/mol. The smallest absolute Gasteiger partial charge is 0.0773 e. The standard InChI is InChI=1S/C15H27N3O/c1-5-12-10-13(17(4)16-12)11-14(19)15(2,3)18-8-6-7-9-18/h10,14,19H,5-9,11H2,1-4H3. The van der Waals surface area contributed by atoms with Crippen LogP contribution < -0.4 is 0 Å². The molecule has 4 nitrogen and oxygen atoms in total. The summed E-state index contributed by atoms with van der Waals surface area (Å²) in [4.78, 5) is 2.41. The van der Waals surface area contributed by atoms with Crippen molar-refractivity contribution in [2.75, 3.05) is 13.1 Å². The fourth-order valence-corrected chi connectivity index (χ4v) is 2.89. The Labute approximate surface area is 116 Å². The number of aliphatic hydroxyl groups excluding tert-OH is 1. The number of aromatic nitrogens is 2. The van der Waals surface area contributed by atoms with Crippen LogP contribution in [0, 0.1) is 0 Å². The van der Waals surface area contributed by atoms with E-state index in [1.165, 1.54) is 12.8 Å². The van der Waals surface area contributed by atoms with Gasteiger partial charge in [0.05, 0.1) is 11.8 Å². The van der Waals surface area contributed by atoms with Crippen molar-refractivity contribution in [2.24, 2.45) is 7.05 Å². The maximum atomic E-state index is 10.6. The van der Waals surface area contributed by atoms with Crippen LogP contribution in [0.5, 0.6) is 0 Å². The van der Waals surface area contributed by atoms with E-state index in [1.807, 2.05) is 11.7 Å². The normalized spacial score (nSPS) is 19.0. The molecule has 108 valence electrons. The van der Waals surface area contributed by atoms with Crippen molar-refractivity contribution in [1.29, 1.82) is 0 Å². The summed E-state index contributed by atoms with van der Waals surface area (Å²) in [6.45, 7) is 8.63. The molecule has 2 rings (SSSR count). The van der Waals surface area contributed by atoms with Gasteiger partial charge in [0.15, 0.2) is 0 Å². The molecular formula is C15H27N3O. The van der Waals surface area contributed by atoms with E-state index in [-0.39, 0.29) is 11.6 Å². The Morgan fingerprint density at radius 3 is 2.53 bits per heavy atom. The largest absolute Gasteiger partial charge is 0.391 e. The second-order valence-electron chi connectivity index (χ2n) is 6.17. The molecule has 2 heterocycles. The predicted octanol–water partition coefficient (Wildman–Crippen LogP) is 1.76. The topological polar surface area (TPSA) is 41.3 Å². The van der Waals surface area contributed by atoms with Crippen LogP contribution in [0.4, 0.5) is 0 Å². The van der Waals surface area contributed by atoms with Crippen LogP contribution in [-0.2, 0) is 19.9 Å². The third kappa shape index (κ3) is 3.00. The van der Waals surface area contributed by atoms with E-state index in [0.717, 1.165) is 30.9 Å². The van der Waals surface area contributed by atoms with E-state index >= 15 is 0 Å². The van der Waals surface area contributed by atoms with Gasteiger partial charge >= 0.3 is 0 Å². The Hall–Kier alpha value is -0.870. The number of rotatable bonds is 5. The summed E-state index contributed by atoms with van der Waals surface area (Å²) in [5, 5.41) is 15.1. The molecule has 0 aliphatic carbocycles. The van der Waals surface area contributed by atoms with Crippen LogP contribution in [0.3, 0.4) is 0 Å². The zero-order chi connectivity index (χ0) is 14.0. The molecule has 1 N–H and O–H groups in total. The Bertz CT molecular complexity index is 419. The van der Waals surface area contributed by atoms with Gasteiger partial charge in [-0.25, -0.2) is 0 Å². The monoisotopic (exact) mass is 265 g/mol. The van der Waals surface area contributed by atoms with E-state index < -0.39 is 0 Å². The highest BCUT2D eigenvalue weighted by atomic mass is 16.3. The number of hydrogen-bond acceptors (Lipinski definition) is 3. The van der Waals surface area contributed by atoms with E-state index in [2.05, 4.69) is 36.8 Å². The van der Waals surface area contributed by atoms with E-state index in [1.54, 1.807) is 0 Å². The summed E-state index contributed by atoms with van der Waals surface area (Å²) in [5.41, 5.74) is 2.06. The SMILES string of the molecule is CCc1cc(CC(O)C(C)(C)N2CCCC2)n(C)n1. The van der Waals surface area contributed by atoms with Crippen molar-refractivity contribution >= 4 is 0 Å². The minimum absolute atomic E-state index is 0.160. The van der Waals surface area contributed by atoms with Crippen molar-refractivity contribution in [3.63, 3.8) is 0 Å². The lowest BCUT2D eigenvalue weighted by molar-refractivity contribution is 0.00240. The highest BCUT2D eigenvalue weighted by molar-refractivity contribution is 5.12. The first-order chi connectivity index (χ1) is 8.95. The molecule has 4 heteroatoms. The first-order valence-electron chi connectivity index (χ1n) is 7.40. The molecule has 0 saturated carbocycles. The first-order valence-corrected chi connectivity index (χ1v) is 7.40. The van der Waals surface area contributed by atoms with Gasteiger partial charge in [0, 0.05) is 24.7 Å². The number of hydrogen-bond donors (Lipinski definition) is 1. The van der Waals surface area contributed by atoms with E-state index in [0.29, 0.717) is 6.42 Å². The summed E-state index contributed by atoms with van der Waals surface area (Å²) in [5.74, 6) is 0. The average molecular weight is 265 g/mol. The van der Waals surface area contributed by atoms with Gasteiger partial charge in [-0.15, -0.1) is 0 Å². The maximum absolute atomic E-state index is 10.6. The molecule has 0 amide bonds. The zero-order valence-electron chi connectivity index (χ0n) is 12.7. The quantitative estimate of drug-likeness (QED) is 0.882. The summed E-state index contributed by atoms with van der Waals surface area (Å²) in [6.07, 6.45) is 3.77. The molecule has 1 aromatic heterocycles. The molecule has 1 unspecified atom stereocenters. The van der Waals surface area contributed by atoms with Crippen molar-refractivity contribution in [3.05, 3.63) is 17.5 Å². The van der Waals surface area contributed by atoms with Crippen LogP contribution in [0.15, 0.2) is 6.07 Å². The van der Waals surface area contributed by atoms with Crippen LogP contribution in [-0.4, -0.2) is 44.5 Å². The lowest BCUT2D eigenvalue weighted by atomic mass is 9.91. The molecule has 1 aromatic rings. The van der Waals surface area contributed by atoms with Crippen molar-refractivity contribution in [1.82, 2.24) is 14.7 Å². The van der Waals surface area contributed by atoms with E-state index in [4.69, 9.17) is 0 Å². The van der Waals surface area contributed by atoms with Gasteiger partial charge in [-0.3, -0.25) is 9.58 Å². The lowest BCUT2D eigenvalue weighted by Gasteiger charge is -2.39. The fraction of sp³-hybridized carbons (Fsp3) is 0.800. The van der Waals surface area contributed by atoms with Gasteiger partial charge in [-0.05, 0) is 52.3 Å². The van der Waals surface area contributed by atoms with Gasteiger partial charge in [0.2, 0.25) is 0 Å². The highest BCUT2D eigenvalue weighted by Gasteiger charge is 2.36. The summed E-state index contributed by atoms with van der Waals surface area (Å²) in [7, 11) is 1.96. The fourth-order valence-electron chi connectivity index (χ4n) is 2.89. The minimum atomic E-state index is -0.356. The van der Waals surface area contributed by atoms with Gasteiger partial charge < -0.3 is 5.11 Å². The Balaban J connectivity index is 2.06. The van der Waals surface area contributed by atoms with Crippen molar-refractivity contribution < 1.29 is 5.11 Å². The first kappa shape index (κ1) is 14.5. The molecule has 1 aliphatic heterocycles. The van der Waals surface area contributed by atoms with Crippen LogP contribution >= 0.6 is 0 Å². The lowest BCUT2D eigenvalue weighted by Crippen LogP contribution is -2.52. The molecule has 1 aliphatic rings. The molecule has 0 radical (unpaired) electrons. The number of aryl methyl sites for hydroxylation is 2. The number of aliphatic hydroxyl groups is 1. The predicted molar refractivity (Wildman–Crippen MR) is 77.2 cm³/mol. The van der Waals surface area contributed by atoms with Gasteiger partial charge in [0.1, 0.15) is 0 Å². The average Bonchev–Trinajstić information content (AvgIpc) is 2.99. The number of likely N-dealkylation sites (tertiary alicyclic amines) is 1. The second-order valence-corrected chi connectivity index (χ2v) is 6.17. The minimum Gasteiger partial charge on any atom is -0.391 e. The Kier molecular flexibility index (Phi) is 4.31. The Morgan fingerprint density at radius 2 is 2.00 bits per heavy atom. The van der Waals surface area contributed by atoms with Gasteiger partial charge in [-0.1, -0.05) is 6.92 Å². The van der Waals surface area contributed by atoms with Crippen molar-refractivity contribution in [3.8, 4) is 0 Å². The third-order valence-electron chi connectivity index (χ3n) is 4.53. The van der Waals surface area contributed by atoms with E-state index in [9.17, 15) is 5.11 Å². The molecule has 0 aromatic carbocycles. The molecule has 0 spiro atoms.